The Morgan fingerprint density at radius 2 is 1.91 bits per heavy atom. The van der Waals surface area contributed by atoms with Crippen LogP contribution in [-0.4, -0.2) is 40.6 Å². The van der Waals surface area contributed by atoms with E-state index < -0.39 is 0 Å². The van der Waals surface area contributed by atoms with Crippen molar-refractivity contribution in [2.24, 2.45) is 0 Å². The summed E-state index contributed by atoms with van der Waals surface area (Å²) in [6.45, 7) is 2.38. The summed E-state index contributed by atoms with van der Waals surface area (Å²) in [5, 5.41) is 9.28. The smallest absolute Gasteiger partial charge is 0.231 e. The monoisotopic (exact) mass is 444 g/mol. The van der Waals surface area contributed by atoms with E-state index in [9.17, 15) is 9.18 Å². The number of likely N-dealkylation sites (tertiary alicyclic amines) is 1. The van der Waals surface area contributed by atoms with Crippen LogP contribution in [0.5, 0.6) is 0 Å². The first-order valence-electron chi connectivity index (χ1n) is 11.3. The Morgan fingerprint density at radius 3 is 2.79 bits per heavy atom. The molecule has 0 bridgehead atoms. The van der Waals surface area contributed by atoms with Gasteiger partial charge in [-0.1, -0.05) is 41.6 Å². The van der Waals surface area contributed by atoms with Crippen molar-refractivity contribution in [2.45, 2.75) is 25.2 Å². The first kappa shape index (κ1) is 21.3. The number of halogens is 1. The van der Waals surface area contributed by atoms with Crippen LogP contribution in [0.15, 0.2) is 71.3 Å². The zero-order chi connectivity index (χ0) is 22.6. The summed E-state index contributed by atoms with van der Waals surface area (Å²) in [6.07, 6.45) is 2.38. The summed E-state index contributed by atoms with van der Waals surface area (Å²) in [5.41, 5.74) is 1.57. The minimum atomic E-state index is -0.296. The molecule has 5 rings (SSSR count). The van der Waals surface area contributed by atoms with E-state index in [1.54, 1.807) is 12.1 Å². The number of hydrogen-bond donors (Lipinski definition) is 1. The van der Waals surface area contributed by atoms with Crippen LogP contribution in [0.4, 0.5) is 10.1 Å². The van der Waals surface area contributed by atoms with Gasteiger partial charge in [-0.15, -0.1) is 0 Å². The average Bonchev–Trinajstić information content (AvgIpc) is 3.34. The summed E-state index contributed by atoms with van der Waals surface area (Å²) in [6, 6.07) is 20.0. The number of carbonyl (C=O) groups is 1. The minimum Gasteiger partial charge on any atom is -0.339 e. The first-order valence-corrected chi connectivity index (χ1v) is 11.3. The molecule has 6 nitrogen and oxygen atoms in total. The fourth-order valence-electron chi connectivity index (χ4n) is 4.38. The van der Waals surface area contributed by atoms with E-state index in [1.807, 2.05) is 42.5 Å². The highest BCUT2D eigenvalue weighted by Crippen LogP contribution is 2.28. The van der Waals surface area contributed by atoms with E-state index in [-0.39, 0.29) is 17.6 Å². The zero-order valence-corrected chi connectivity index (χ0v) is 18.2. The molecule has 1 N–H and O–H groups in total. The van der Waals surface area contributed by atoms with Crippen molar-refractivity contribution >= 4 is 22.4 Å². The van der Waals surface area contributed by atoms with Crippen LogP contribution in [0.3, 0.4) is 0 Å². The number of aromatic nitrogens is 2. The molecule has 2 heterocycles. The lowest BCUT2D eigenvalue weighted by Gasteiger charge is -2.30. The lowest BCUT2D eigenvalue weighted by molar-refractivity contribution is -0.116. The van der Waals surface area contributed by atoms with Crippen LogP contribution in [0.1, 0.15) is 31.1 Å². The Balaban J connectivity index is 1.18. The Kier molecular flexibility index (Phi) is 6.13. The Bertz CT molecular complexity index is 1250. The van der Waals surface area contributed by atoms with E-state index in [2.05, 4.69) is 20.4 Å². The predicted molar refractivity (Wildman–Crippen MR) is 125 cm³/mol. The van der Waals surface area contributed by atoms with Crippen LogP contribution < -0.4 is 5.32 Å². The van der Waals surface area contributed by atoms with Crippen molar-refractivity contribution in [3.05, 3.63) is 78.4 Å². The van der Waals surface area contributed by atoms with Gasteiger partial charge in [0.05, 0.1) is 5.92 Å². The molecule has 1 saturated heterocycles. The number of rotatable bonds is 6. The van der Waals surface area contributed by atoms with Crippen molar-refractivity contribution in [2.75, 3.05) is 25.0 Å². The van der Waals surface area contributed by atoms with E-state index in [0.29, 0.717) is 24.7 Å². The molecular formula is C26H25FN4O2. The van der Waals surface area contributed by atoms with Crippen molar-refractivity contribution < 1.29 is 13.7 Å². The molecule has 1 aliphatic rings. The van der Waals surface area contributed by atoms with E-state index in [0.717, 1.165) is 48.0 Å². The highest BCUT2D eigenvalue weighted by Gasteiger charge is 2.26. The SMILES string of the molecule is O=C(CCN1CCCC(c2nc(-c3ccc(F)cc3)no2)C1)Nc1cccc2ccccc12. The molecule has 0 spiro atoms. The van der Waals surface area contributed by atoms with Gasteiger partial charge in [0.2, 0.25) is 17.6 Å². The van der Waals surface area contributed by atoms with Gasteiger partial charge >= 0.3 is 0 Å². The maximum absolute atomic E-state index is 13.2. The van der Waals surface area contributed by atoms with Crippen LogP contribution in [0, 0.1) is 5.82 Å². The standard InChI is InChI=1S/C26H25FN4O2/c27-21-12-10-19(11-13-21)25-29-26(33-30-25)20-7-4-15-31(17-20)16-14-24(32)28-23-9-3-6-18-5-1-2-8-22(18)23/h1-3,5-6,8-13,20H,4,7,14-17H2,(H,28,32). The van der Waals surface area contributed by atoms with Gasteiger partial charge in [0.15, 0.2) is 0 Å². The molecule has 1 atom stereocenters. The van der Waals surface area contributed by atoms with E-state index >= 15 is 0 Å². The van der Waals surface area contributed by atoms with Gasteiger partial charge in [0, 0.05) is 36.1 Å². The number of nitrogens with zero attached hydrogens (tertiary/aromatic N) is 3. The van der Waals surface area contributed by atoms with Crippen LogP contribution in [0.25, 0.3) is 22.2 Å². The second-order valence-corrected chi connectivity index (χ2v) is 8.43. The number of piperidine rings is 1. The second-order valence-electron chi connectivity index (χ2n) is 8.43. The molecule has 1 fully saturated rings. The number of fused-ring (bicyclic) bond motifs is 1. The molecule has 1 amide bonds. The maximum Gasteiger partial charge on any atom is 0.231 e. The number of benzene rings is 3. The third-order valence-electron chi connectivity index (χ3n) is 6.12. The van der Waals surface area contributed by atoms with Crippen molar-refractivity contribution in [1.29, 1.82) is 0 Å². The molecule has 1 aliphatic heterocycles. The average molecular weight is 445 g/mol. The van der Waals surface area contributed by atoms with Gasteiger partial charge in [0.25, 0.3) is 0 Å². The van der Waals surface area contributed by atoms with E-state index in [4.69, 9.17) is 4.52 Å². The highest BCUT2D eigenvalue weighted by atomic mass is 19.1. The van der Waals surface area contributed by atoms with Crippen LogP contribution >= 0.6 is 0 Å². The summed E-state index contributed by atoms with van der Waals surface area (Å²) < 4.78 is 18.7. The lowest BCUT2D eigenvalue weighted by Crippen LogP contribution is -2.36. The fourth-order valence-corrected chi connectivity index (χ4v) is 4.38. The first-order chi connectivity index (χ1) is 16.2. The molecule has 3 aromatic carbocycles. The van der Waals surface area contributed by atoms with Crippen molar-refractivity contribution in [3.8, 4) is 11.4 Å². The quantitative estimate of drug-likeness (QED) is 0.441. The van der Waals surface area contributed by atoms with Crippen LogP contribution in [0.2, 0.25) is 0 Å². The fraction of sp³-hybridized carbons (Fsp3) is 0.269. The lowest BCUT2D eigenvalue weighted by atomic mass is 9.98. The molecule has 7 heteroatoms. The molecule has 1 unspecified atom stereocenters. The van der Waals surface area contributed by atoms with Crippen LogP contribution in [-0.2, 0) is 4.79 Å². The molecule has 0 aliphatic carbocycles. The summed E-state index contributed by atoms with van der Waals surface area (Å²) >= 11 is 0. The Hall–Kier alpha value is -3.58. The minimum absolute atomic E-state index is 0.00450. The zero-order valence-electron chi connectivity index (χ0n) is 18.2. The van der Waals surface area contributed by atoms with Crippen molar-refractivity contribution in [3.63, 3.8) is 0 Å². The molecule has 33 heavy (non-hydrogen) atoms. The molecule has 4 aromatic rings. The largest absolute Gasteiger partial charge is 0.339 e. The molecule has 0 saturated carbocycles. The third kappa shape index (κ3) is 4.93. The second kappa shape index (κ2) is 9.50. The Labute approximate surface area is 191 Å². The summed E-state index contributed by atoms with van der Waals surface area (Å²) in [4.78, 5) is 19.4. The normalized spacial score (nSPS) is 16.7. The number of nitrogens with one attached hydrogen (secondary N) is 1. The molecule has 1 aromatic heterocycles. The van der Waals surface area contributed by atoms with Gasteiger partial charge in [-0.3, -0.25) is 4.79 Å². The van der Waals surface area contributed by atoms with Gasteiger partial charge in [-0.05, 0) is 55.1 Å². The van der Waals surface area contributed by atoms with E-state index in [1.165, 1.54) is 12.1 Å². The van der Waals surface area contributed by atoms with Gasteiger partial charge in [0.1, 0.15) is 5.82 Å². The molecule has 168 valence electrons. The number of hydrogen-bond acceptors (Lipinski definition) is 5. The molecule has 0 radical (unpaired) electrons. The summed E-state index contributed by atoms with van der Waals surface area (Å²) in [7, 11) is 0. The highest BCUT2D eigenvalue weighted by molar-refractivity contribution is 6.02. The van der Waals surface area contributed by atoms with Gasteiger partial charge < -0.3 is 14.7 Å². The predicted octanol–water partition coefficient (Wildman–Crippen LogP) is 5.24. The topological polar surface area (TPSA) is 71.3 Å². The number of anilines is 1. The van der Waals surface area contributed by atoms with Gasteiger partial charge in [-0.25, -0.2) is 4.39 Å². The third-order valence-corrected chi connectivity index (χ3v) is 6.12. The van der Waals surface area contributed by atoms with Crippen molar-refractivity contribution in [1.82, 2.24) is 15.0 Å². The summed E-state index contributed by atoms with van der Waals surface area (Å²) in [5.74, 6) is 0.900. The number of carbonyl (C=O) groups excluding carboxylic acids is 1. The molecular weight excluding hydrogens is 419 g/mol. The number of amides is 1. The maximum atomic E-state index is 13.2. The Morgan fingerprint density at radius 1 is 1.09 bits per heavy atom. The van der Waals surface area contributed by atoms with Gasteiger partial charge in [-0.2, -0.15) is 4.98 Å².